The summed E-state index contributed by atoms with van der Waals surface area (Å²) >= 11 is 10.2. The predicted octanol–water partition coefficient (Wildman–Crippen LogP) is -2.45. The van der Waals surface area contributed by atoms with E-state index in [4.69, 9.17) is 11.5 Å². The SMILES string of the molecule is NC(=O)c1c(I)c(C(=O)N(C(CO)CO)C(CO)CO)c(I)c(N(C=O)CC(O)CC(O)CN(C=O)c2c(I)c(C(N)=O)c(I)c(C(=O)N(C(CO)CO)C(CO)CO)c2I)c1I. The van der Waals surface area contributed by atoms with Crippen molar-refractivity contribution in [1.82, 2.24) is 9.80 Å². The van der Waals surface area contributed by atoms with Crippen LogP contribution in [0.3, 0.4) is 0 Å². The van der Waals surface area contributed by atoms with Crippen LogP contribution in [0, 0.1) is 21.4 Å². The molecule has 0 aliphatic rings. The minimum absolute atomic E-state index is 0.00664. The highest BCUT2D eigenvalue weighted by molar-refractivity contribution is 14.1. The van der Waals surface area contributed by atoms with Gasteiger partial charge in [0.05, 0.1) is 150 Å². The molecule has 0 spiro atoms. The van der Waals surface area contributed by atoms with Gasteiger partial charge < -0.3 is 82.1 Å². The fourth-order valence-electron chi connectivity index (χ4n) is 6.36. The second-order valence-electron chi connectivity index (χ2n) is 13.4. The molecule has 0 aliphatic heterocycles. The number of primary amides is 2. The Bertz CT molecular complexity index is 1830. The number of nitrogens with two attached hydrogens (primary N) is 2. The minimum atomic E-state index is -1.59. The summed E-state index contributed by atoms with van der Waals surface area (Å²) in [5, 5.41) is 102. The number of halogens is 6. The first kappa shape index (κ1) is 58.4. The van der Waals surface area contributed by atoms with Crippen LogP contribution < -0.4 is 21.3 Å². The molecular formula is C35H44I6N6O16. The van der Waals surface area contributed by atoms with Gasteiger partial charge >= 0.3 is 0 Å². The Labute approximate surface area is 441 Å². The highest BCUT2D eigenvalue weighted by atomic mass is 127. The number of nitrogens with zero attached hydrogens (tertiary/aromatic N) is 4. The van der Waals surface area contributed by atoms with Crippen LogP contribution in [0.2, 0.25) is 0 Å². The van der Waals surface area contributed by atoms with E-state index < -0.39 is 132 Å². The molecule has 2 rings (SSSR count). The molecule has 0 radical (unpaired) electrons. The van der Waals surface area contributed by atoms with Gasteiger partial charge in [0.25, 0.3) is 23.6 Å². The lowest BCUT2D eigenvalue weighted by Gasteiger charge is -2.36. The second-order valence-corrected chi connectivity index (χ2v) is 19.8. The van der Waals surface area contributed by atoms with Crippen LogP contribution in [0.15, 0.2) is 0 Å². The van der Waals surface area contributed by atoms with Gasteiger partial charge in [0.15, 0.2) is 0 Å². The van der Waals surface area contributed by atoms with Crippen LogP contribution >= 0.6 is 136 Å². The van der Waals surface area contributed by atoms with Gasteiger partial charge in [0.2, 0.25) is 12.8 Å². The number of benzene rings is 2. The third kappa shape index (κ3) is 13.3. The van der Waals surface area contributed by atoms with Gasteiger partial charge in [-0.2, -0.15) is 0 Å². The maximum atomic E-state index is 14.2. The van der Waals surface area contributed by atoms with E-state index in [0.29, 0.717) is 0 Å². The largest absolute Gasteiger partial charge is 0.394 e. The molecule has 2 atom stereocenters. The lowest BCUT2D eigenvalue weighted by molar-refractivity contribution is -0.108. The third-order valence-corrected chi connectivity index (χ3v) is 15.8. The van der Waals surface area contributed by atoms with E-state index in [2.05, 4.69) is 0 Å². The van der Waals surface area contributed by atoms with Crippen LogP contribution in [-0.2, 0) is 9.59 Å². The molecule has 28 heteroatoms. The first-order valence-electron chi connectivity index (χ1n) is 18.0. The lowest BCUT2D eigenvalue weighted by atomic mass is 10.0. The zero-order valence-corrected chi connectivity index (χ0v) is 45.5. The van der Waals surface area contributed by atoms with Crippen LogP contribution in [0.4, 0.5) is 11.4 Å². The first-order valence-corrected chi connectivity index (χ1v) is 24.5. The molecule has 352 valence electrons. The minimum Gasteiger partial charge on any atom is -0.394 e. The van der Waals surface area contributed by atoms with Crippen molar-refractivity contribution in [2.24, 2.45) is 11.5 Å². The Morgan fingerprint density at radius 3 is 0.905 bits per heavy atom. The number of aliphatic hydroxyl groups is 10. The van der Waals surface area contributed by atoms with Gasteiger partial charge in [0, 0.05) is 13.6 Å². The number of amides is 6. The van der Waals surface area contributed by atoms with Crippen molar-refractivity contribution in [2.75, 3.05) is 75.7 Å². The Kier molecular flexibility index (Phi) is 25.3. The average Bonchev–Trinajstić information content (AvgIpc) is 3.22. The van der Waals surface area contributed by atoms with E-state index in [-0.39, 0.29) is 67.9 Å². The third-order valence-electron chi connectivity index (χ3n) is 9.42. The molecule has 0 heterocycles. The molecule has 22 nitrogen and oxygen atoms in total. The number of rotatable bonds is 26. The van der Waals surface area contributed by atoms with Crippen molar-refractivity contribution in [3.63, 3.8) is 0 Å². The van der Waals surface area contributed by atoms with Crippen LogP contribution in [0.25, 0.3) is 0 Å². The Morgan fingerprint density at radius 1 is 0.460 bits per heavy atom. The van der Waals surface area contributed by atoms with Crippen molar-refractivity contribution in [2.45, 2.75) is 42.8 Å². The van der Waals surface area contributed by atoms with Crippen molar-refractivity contribution in [3.8, 4) is 0 Å². The fourth-order valence-corrected chi connectivity index (χ4v) is 15.9. The number of hydrogen-bond acceptors (Lipinski definition) is 16. The summed E-state index contributed by atoms with van der Waals surface area (Å²) in [6, 6.07) is -5.30. The molecule has 63 heavy (non-hydrogen) atoms. The van der Waals surface area contributed by atoms with Crippen molar-refractivity contribution in [3.05, 3.63) is 43.7 Å². The van der Waals surface area contributed by atoms with E-state index in [1.54, 1.807) is 136 Å². The Morgan fingerprint density at radius 2 is 0.698 bits per heavy atom. The van der Waals surface area contributed by atoms with E-state index in [1.165, 1.54) is 0 Å². The molecule has 0 fully saturated rings. The second kappa shape index (κ2) is 27.3. The van der Waals surface area contributed by atoms with Gasteiger partial charge in [-0.05, 0) is 136 Å². The summed E-state index contributed by atoms with van der Waals surface area (Å²) in [4.78, 5) is 83.0. The van der Waals surface area contributed by atoms with Crippen molar-refractivity contribution in [1.29, 1.82) is 0 Å². The zero-order chi connectivity index (χ0) is 48.2. The summed E-state index contributed by atoms with van der Waals surface area (Å²) in [5.41, 5.74) is 10.3. The zero-order valence-electron chi connectivity index (χ0n) is 32.5. The molecule has 0 saturated carbocycles. The molecule has 2 aromatic carbocycles. The molecule has 0 aliphatic carbocycles. The van der Waals surface area contributed by atoms with Gasteiger partial charge in [0.1, 0.15) is 0 Å². The van der Waals surface area contributed by atoms with E-state index in [9.17, 15) is 79.8 Å². The number of hydrogen-bond donors (Lipinski definition) is 12. The quantitative estimate of drug-likeness (QED) is 0.0344. The summed E-state index contributed by atoms with van der Waals surface area (Å²) in [5.74, 6) is -4.00. The number of aliphatic hydroxyl groups excluding tert-OH is 10. The molecule has 2 aromatic rings. The number of carbonyl (C=O) groups excluding carboxylic acids is 6. The van der Waals surface area contributed by atoms with Gasteiger partial charge in [-0.1, -0.05) is 0 Å². The van der Waals surface area contributed by atoms with Gasteiger partial charge in [-0.3, -0.25) is 28.8 Å². The molecule has 0 bridgehead atoms. The summed E-state index contributed by atoms with van der Waals surface area (Å²) in [7, 11) is 0. The Hall–Kier alpha value is -0.760. The van der Waals surface area contributed by atoms with E-state index in [1.807, 2.05) is 0 Å². The van der Waals surface area contributed by atoms with E-state index in [0.717, 1.165) is 19.6 Å². The van der Waals surface area contributed by atoms with E-state index >= 15 is 0 Å². The predicted molar refractivity (Wildman–Crippen MR) is 274 cm³/mol. The topological polar surface area (TPSA) is 370 Å². The summed E-state index contributed by atoms with van der Waals surface area (Å²) in [6.07, 6.45) is -3.19. The van der Waals surface area contributed by atoms with Crippen LogP contribution in [-0.4, -0.2) is 200 Å². The first-order chi connectivity index (χ1) is 29.7. The monoisotopic (exact) mass is 1570 g/mol. The lowest BCUT2D eigenvalue weighted by Crippen LogP contribution is -2.54. The molecular weight excluding hydrogens is 1520 g/mol. The Balaban J connectivity index is 2.68. The number of carbonyl (C=O) groups is 6. The maximum absolute atomic E-state index is 14.2. The molecule has 6 amide bonds. The normalized spacial score (nSPS) is 12.5. The van der Waals surface area contributed by atoms with Gasteiger partial charge in [-0.15, -0.1) is 0 Å². The molecule has 0 saturated heterocycles. The van der Waals surface area contributed by atoms with Crippen molar-refractivity contribution < 1.29 is 79.8 Å². The average molecular weight is 1570 g/mol. The summed E-state index contributed by atoms with van der Waals surface area (Å²) in [6.45, 7) is -7.53. The fraction of sp³-hybridized carbons (Fsp3) is 0.486. The molecule has 0 aromatic heterocycles. The number of anilines is 2. The smallest absolute Gasteiger partial charge is 0.256 e. The highest BCUT2D eigenvalue weighted by Crippen LogP contribution is 2.40. The maximum Gasteiger partial charge on any atom is 0.256 e. The van der Waals surface area contributed by atoms with Crippen LogP contribution in [0.1, 0.15) is 47.9 Å². The highest BCUT2D eigenvalue weighted by Gasteiger charge is 2.39. The summed E-state index contributed by atoms with van der Waals surface area (Å²) < 4.78 is 0.153. The standard InChI is InChI=1S/C35H44I6N6O16/c36-24-20(32(42)60)26(38)30(28(40)22(24)34(62)46(14(4-48)5-49)15(6-50)7-51)44(12-56)2-18(58)1-19(59)3-45(13-57)31-27(39)21(33(43)61)25(37)23(29(31)41)35(63)47(16(8-52)9-53)17(10-54)11-55/h12-19,48-55,58-59H,1-11H2,(H2,42,60)(H2,43,61). The molecule has 14 N–H and O–H groups in total. The molecule has 2 unspecified atom stereocenters. The van der Waals surface area contributed by atoms with Crippen LogP contribution in [0.5, 0.6) is 0 Å². The van der Waals surface area contributed by atoms with Crippen molar-refractivity contribution >= 4 is 183 Å². The van der Waals surface area contributed by atoms with Gasteiger partial charge in [-0.25, -0.2) is 0 Å².